The number of hydrogen-bond donors (Lipinski definition) is 2. The Labute approximate surface area is 88.2 Å². The molecule has 0 bridgehead atoms. The number of β-lactam (4-membered cyclic amide) rings is 1. The molecule has 1 aliphatic rings. The highest BCUT2D eigenvalue weighted by Gasteiger charge is 2.23. The average molecular weight is 202 g/mol. The van der Waals surface area contributed by atoms with Gasteiger partial charge in [0.2, 0.25) is 5.91 Å². The van der Waals surface area contributed by atoms with Gasteiger partial charge in [-0.15, -0.1) is 0 Å². The molecule has 0 aromatic heterocycles. The molecule has 1 heterocycles. The number of rotatable bonds is 3. The maximum atomic E-state index is 11.1. The summed E-state index contributed by atoms with van der Waals surface area (Å²) >= 11 is 0. The Morgan fingerprint density at radius 1 is 1.53 bits per heavy atom. The molecule has 77 valence electrons. The Morgan fingerprint density at radius 3 is 2.87 bits per heavy atom. The standard InChI is InChI=1S/C11H12N3O/c12-11(13)9-3-1-2-8(6-9)7-14-5-4-10(14)15/h1-4,6H,5,7H2,(H3,12,13). The summed E-state index contributed by atoms with van der Waals surface area (Å²) in [6.45, 7) is 1.31. The molecule has 0 saturated carbocycles. The number of nitrogens with zero attached hydrogens (tertiary/aromatic N) is 1. The lowest BCUT2D eigenvalue weighted by Crippen LogP contribution is -2.43. The molecule has 1 aliphatic heterocycles. The van der Waals surface area contributed by atoms with Crippen molar-refractivity contribution < 1.29 is 4.79 Å². The molecule has 0 spiro atoms. The Morgan fingerprint density at radius 2 is 2.33 bits per heavy atom. The fourth-order valence-electron chi connectivity index (χ4n) is 1.49. The molecule has 1 aromatic carbocycles. The predicted octanol–water partition coefficient (Wildman–Crippen LogP) is 0.517. The van der Waals surface area contributed by atoms with Crippen LogP contribution in [0.4, 0.5) is 0 Å². The number of carbonyl (C=O) groups is 1. The van der Waals surface area contributed by atoms with Crippen molar-refractivity contribution in [3.63, 3.8) is 0 Å². The minimum atomic E-state index is 0.0540. The lowest BCUT2D eigenvalue weighted by molar-refractivity contribution is -0.134. The monoisotopic (exact) mass is 202 g/mol. The summed E-state index contributed by atoms with van der Waals surface area (Å²) in [6.07, 6.45) is 1.65. The second kappa shape index (κ2) is 3.73. The van der Waals surface area contributed by atoms with Crippen LogP contribution in [0.1, 0.15) is 11.1 Å². The minimum Gasteiger partial charge on any atom is -0.384 e. The lowest BCUT2D eigenvalue weighted by atomic mass is 10.1. The van der Waals surface area contributed by atoms with Crippen LogP contribution >= 0.6 is 0 Å². The van der Waals surface area contributed by atoms with Crippen LogP contribution in [0.25, 0.3) is 0 Å². The van der Waals surface area contributed by atoms with Crippen molar-refractivity contribution in [1.29, 1.82) is 5.41 Å². The number of benzene rings is 1. The number of hydrogen-bond acceptors (Lipinski definition) is 2. The SMILES string of the molecule is N=C(N)c1cccc(CN2C[CH]C2=O)c1. The third-order valence-corrected chi connectivity index (χ3v) is 2.41. The highest BCUT2D eigenvalue weighted by Crippen LogP contribution is 2.14. The molecule has 2 rings (SSSR count). The zero-order valence-electron chi connectivity index (χ0n) is 8.23. The lowest BCUT2D eigenvalue weighted by Gasteiger charge is -2.30. The molecule has 0 atom stereocenters. The van der Waals surface area contributed by atoms with Crippen molar-refractivity contribution in [2.24, 2.45) is 5.73 Å². The van der Waals surface area contributed by atoms with E-state index in [9.17, 15) is 4.79 Å². The van der Waals surface area contributed by atoms with Crippen molar-refractivity contribution in [2.75, 3.05) is 6.54 Å². The van der Waals surface area contributed by atoms with Gasteiger partial charge in [0.1, 0.15) is 5.84 Å². The van der Waals surface area contributed by atoms with E-state index < -0.39 is 0 Å². The van der Waals surface area contributed by atoms with Crippen LogP contribution in [0, 0.1) is 11.8 Å². The van der Waals surface area contributed by atoms with E-state index in [1.165, 1.54) is 0 Å². The zero-order valence-corrected chi connectivity index (χ0v) is 8.23. The average Bonchev–Trinajstić information content (AvgIpc) is 2.24. The molecule has 0 aliphatic carbocycles. The van der Waals surface area contributed by atoms with Crippen molar-refractivity contribution in [2.45, 2.75) is 6.54 Å². The first-order valence-corrected chi connectivity index (χ1v) is 4.72. The number of nitrogens with two attached hydrogens (primary N) is 1. The molecule has 4 heteroatoms. The first-order valence-electron chi connectivity index (χ1n) is 4.72. The summed E-state index contributed by atoms with van der Waals surface area (Å²) in [5.74, 6) is 0.126. The van der Waals surface area contributed by atoms with Gasteiger partial charge in [0, 0.05) is 18.7 Å². The predicted molar refractivity (Wildman–Crippen MR) is 57.2 cm³/mol. The van der Waals surface area contributed by atoms with E-state index in [0.717, 1.165) is 5.56 Å². The first-order chi connectivity index (χ1) is 7.16. The van der Waals surface area contributed by atoms with Gasteiger partial charge < -0.3 is 10.6 Å². The molecule has 1 fully saturated rings. The van der Waals surface area contributed by atoms with Gasteiger partial charge in [0.05, 0.1) is 6.42 Å². The fraction of sp³-hybridized carbons (Fsp3) is 0.182. The van der Waals surface area contributed by atoms with Crippen LogP contribution in [0.2, 0.25) is 0 Å². The van der Waals surface area contributed by atoms with E-state index in [0.29, 0.717) is 18.7 Å². The quantitative estimate of drug-likeness (QED) is 0.426. The third-order valence-electron chi connectivity index (χ3n) is 2.41. The Kier molecular flexibility index (Phi) is 2.41. The summed E-state index contributed by atoms with van der Waals surface area (Å²) in [5, 5.41) is 7.30. The van der Waals surface area contributed by atoms with Crippen LogP contribution in [-0.2, 0) is 11.3 Å². The number of amidine groups is 1. The third kappa shape index (κ3) is 1.98. The van der Waals surface area contributed by atoms with Gasteiger partial charge in [-0.05, 0) is 11.6 Å². The van der Waals surface area contributed by atoms with Gasteiger partial charge >= 0.3 is 0 Å². The van der Waals surface area contributed by atoms with Crippen molar-refractivity contribution in [1.82, 2.24) is 4.90 Å². The molecule has 3 N–H and O–H groups in total. The van der Waals surface area contributed by atoms with Gasteiger partial charge in [-0.1, -0.05) is 18.2 Å². The summed E-state index contributed by atoms with van der Waals surface area (Å²) in [6, 6.07) is 7.40. The van der Waals surface area contributed by atoms with E-state index in [4.69, 9.17) is 11.1 Å². The second-order valence-electron chi connectivity index (χ2n) is 3.54. The summed E-state index contributed by atoms with van der Waals surface area (Å²) < 4.78 is 0. The summed E-state index contributed by atoms with van der Waals surface area (Å²) in [7, 11) is 0. The molecule has 15 heavy (non-hydrogen) atoms. The summed E-state index contributed by atoms with van der Waals surface area (Å²) in [5.41, 5.74) is 7.09. The molecule has 1 amide bonds. The van der Waals surface area contributed by atoms with Crippen LogP contribution in [0.15, 0.2) is 24.3 Å². The molecule has 0 unspecified atom stereocenters. The first kappa shape index (κ1) is 9.71. The van der Waals surface area contributed by atoms with E-state index in [-0.39, 0.29) is 11.7 Å². The van der Waals surface area contributed by atoms with E-state index in [2.05, 4.69) is 0 Å². The molecular formula is C11H12N3O. The number of nitrogen functional groups attached to an aromatic ring is 1. The van der Waals surface area contributed by atoms with Gasteiger partial charge in [0.25, 0.3) is 0 Å². The van der Waals surface area contributed by atoms with Gasteiger partial charge in [-0.2, -0.15) is 0 Å². The zero-order chi connectivity index (χ0) is 10.8. The van der Waals surface area contributed by atoms with Crippen molar-refractivity contribution >= 4 is 11.7 Å². The van der Waals surface area contributed by atoms with Crippen LogP contribution in [-0.4, -0.2) is 23.2 Å². The molecule has 1 saturated heterocycles. The highest BCUT2D eigenvalue weighted by atomic mass is 16.2. The molecule has 1 aromatic rings. The van der Waals surface area contributed by atoms with E-state index in [1.54, 1.807) is 17.4 Å². The molecule has 4 nitrogen and oxygen atoms in total. The minimum absolute atomic E-state index is 0.0540. The Hall–Kier alpha value is -1.84. The highest BCUT2D eigenvalue weighted by molar-refractivity contribution is 5.95. The largest absolute Gasteiger partial charge is 0.384 e. The number of carbonyl (C=O) groups excluding carboxylic acids is 1. The van der Waals surface area contributed by atoms with E-state index in [1.807, 2.05) is 18.2 Å². The second-order valence-corrected chi connectivity index (χ2v) is 3.54. The smallest absolute Gasteiger partial charge is 0.228 e. The maximum Gasteiger partial charge on any atom is 0.228 e. The summed E-state index contributed by atoms with van der Waals surface area (Å²) in [4.78, 5) is 12.8. The topological polar surface area (TPSA) is 70.2 Å². The molecular weight excluding hydrogens is 190 g/mol. The number of nitrogens with one attached hydrogen (secondary N) is 1. The Balaban J connectivity index is 2.11. The van der Waals surface area contributed by atoms with Crippen molar-refractivity contribution in [3.05, 3.63) is 41.8 Å². The molecule has 1 radical (unpaired) electrons. The number of likely N-dealkylation sites (tertiary alicyclic amines) is 1. The van der Waals surface area contributed by atoms with Gasteiger partial charge in [-0.25, -0.2) is 0 Å². The normalized spacial score (nSPS) is 14.9. The Bertz CT molecular complexity index is 414. The maximum absolute atomic E-state index is 11.1. The van der Waals surface area contributed by atoms with E-state index >= 15 is 0 Å². The van der Waals surface area contributed by atoms with Crippen LogP contribution < -0.4 is 5.73 Å². The number of amides is 1. The fourth-order valence-corrected chi connectivity index (χ4v) is 1.49. The van der Waals surface area contributed by atoms with Crippen LogP contribution in [0.5, 0.6) is 0 Å². The van der Waals surface area contributed by atoms with Gasteiger partial charge in [0.15, 0.2) is 0 Å². The van der Waals surface area contributed by atoms with Crippen molar-refractivity contribution in [3.8, 4) is 0 Å². The van der Waals surface area contributed by atoms with Gasteiger partial charge in [-0.3, -0.25) is 10.2 Å². The van der Waals surface area contributed by atoms with Crippen LogP contribution in [0.3, 0.4) is 0 Å².